The quantitative estimate of drug-likeness (QED) is 0.272. The minimum Gasteiger partial charge on any atom is -0.351 e. The Morgan fingerprint density at radius 3 is 2.11 bits per heavy atom. The number of carbonyl (C=O) groups is 2. The summed E-state index contributed by atoms with van der Waals surface area (Å²) in [6, 6.07) is 0. The molecule has 0 saturated carbocycles. The highest BCUT2D eigenvalue weighted by atomic mass is 32.1. The summed E-state index contributed by atoms with van der Waals surface area (Å²) in [6.07, 6.45) is 1.92. The van der Waals surface area contributed by atoms with Crippen molar-refractivity contribution in [3.63, 3.8) is 0 Å². The minimum absolute atomic E-state index is 0.0337. The molecule has 4 heterocycles. The molecule has 7 nitrogen and oxygen atoms in total. The molecule has 0 bridgehead atoms. The molecule has 4 aromatic rings. The van der Waals surface area contributed by atoms with E-state index in [4.69, 9.17) is 9.97 Å². The highest BCUT2D eigenvalue weighted by molar-refractivity contribution is 7.19. The Kier molecular flexibility index (Phi) is 6.94. The molecular formula is C26H35N5O2S2. The Morgan fingerprint density at radius 1 is 0.914 bits per heavy atom. The summed E-state index contributed by atoms with van der Waals surface area (Å²) < 4.78 is 4.20. The van der Waals surface area contributed by atoms with Crippen LogP contribution in [0.2, 0.25) is 0 Å². The van der Waals surface area contributed by atoms with Crippen LogP contribution in [0.4, 0.5) is 0 Å². The molecule has 35 heavy (non-hydrogen) atoms. The van der Waals surface area contributed by atoms with E-state index in [-0.39, 0.29) is 23.5 Å². The van der Waals surface area contributed by atoms with Gasteiger partial charge in [-0.2, -0.15) is 0 Å². The Balaban J connectivity index is 1.57. The van der Waals surface area contributed by atoms with Crippen molar-refractivity contribution in [2.45, 2.75) is 86.0 Å². The zero-order valence-corrected chi connectivity index (χ0v) is 23.6. The van der Waals surface area contributed by atoms with Gasteiger partial charge in [0.05, 0.1) is 16.3 Å². The van der Waals surface area contributed by atoms with Crippen LogP contribution >= 0.6 is 22.7 Å². The standard InChI is InChI=1S/C26H35N5O2S2/c1-12(2)19-21(13(3)4)30-11-18(34-25(30)28-19)24(33)27-10-15(7)20-22(14(5)6)31-16(8)23(17(9)32)35-26(31)29-20/h11-15H,10H2,1-9H3,(H,27,33). The van der Waals surface area contributed by atoms with Gasteiger partial charge in [-0.15, -0.1) is 0 Å². The number of aromatic nitrogens is 4. The summed E-state index contributed by atoms with van der Waals surface area (Å²) in [4.78, 5) is 37.9. The number of nitrogens with zero attached hydrogens (tertiary/aromatic N) is 4. The molecule has 1 atom stereocenters. The number of thiazole rings is 2. The van der Waals surface area contributed by atoms with Gasteiger partial charge in [0.2, 0.25) is 0 Å². The Morgan fingerprint density at radius 2 is 1.54 bits per heavy atom. The molecule has 0 spiro atoms. The molecule has 188 valence electrons. The van der Waals surface area contributed by atoms with Crippen molar-refractivity contribution in [2.75, 3.05) is 6.54 Å². The van der Waals surface area contributed by atoms with Gasteiger partial charge in [0.25, 0.3) is 5.91 Å². The van der Waals surface area contributed by atoms with Gasteiger partial charge < -0.3 is 5.32 Å². The van der Waals surface area contributed by atoms with Gasteiger partial charge in [0, 0.05) is 42.7 Å². The number of ketones is 1. The van der Waals surface area contributed by atoms with E-state index in [9.17, 15) is 9.59 Å². The fourth-order valence-corrected chi connectivity index (χ4v) is 6.69. The van der Waals surface area contributed by atoms with Crippen LogP contribution in [-0.4, -0.2) is 37.0 Å². The molecule has 0 saturated heterocycles. The van der Waals surface area contributed by atoms with Crippen LogP contribution in [0.1, 0.15) is 127 Å². The summed E-state index contributed by atoms with van der Waals surface area (Å²) in [5.41, 5.74) is 5.32. The number of rotatable bonds is 8. The lowest BCUT2D eigenvalue weighted by molar-refractivity contribution is 0.0954. The highest BCUT2D eigenvalue weighted by Gasteiger charge is 2.26. The van der Waals surface area contributed by atoms with Crippen LogP contribution in [-0.2, 0) is 0 Å². The maximum atomic E-state index is 13.1. The van der Waals surface area contributed by atoms with Gasteiger partial charge >= 0.3 is 0 Å². The lowest BCUT2D eigenvalue weighted by Crippen LogP contribution is -2.27. The molecule has 0 aliphatic heterocycles. The summed E-state index contributed by atoms with van der Waals surface area (Å²) >= 11 is 2.87. The number of amides is 1. The second-order valence-corrected chi connectivity index (χ2v) is 12.3. The number of aryl methyl sites for hydroxylation is 1. The predicted molar refractivity (Wildman–Crippen MR) is 144 cm³/mol. The largest absolute Gasteiger partial charge is 0.351 e. The van der Waals surface area contributed by atoms with Crippen molar-refractivity contribution < 1.29 is 9.59 Å². The molecule has 1 unspecified atom stereocenters. The maximum Gasteiger partial charge on any atom is 0.263 e. The third-order valence-electron chi connectivity index (χ3n) is 6.38. The fraction of sp³-hybridized carbons (Fsp3) is 0.538. The average Bonchev–Trinajstić information content (AvgIpc) is 3.49. The van der Waals surface area contributed by atoms with Gasteiger partial charge in [-0.25, -0.2) is 9.97 Å². The summed E-state index contributed by atoms with van der Waals surface area (Å²) in [6.45, 7) is 19.1. The van der Waals surface area contributed by atoms with Crippen LogP contribution < -0.4 is 5.32 Å². The molecular weight excluding hydrogens is 478 g/mol. The van der Waals surface area contributed by atoms with Gasteiger partial charge in [0.15, 0.2) is 15.7 Å². The van der Waals surface area contributed by atoms with Crippen molar-refractivity contribution in [1.82, 2.24) is 24.1 Å². The zero-order chi connectivity index (χ0) is 25.8. The van der Waals surface area contributed by atoms with Crippen LogP contribution in [0.15, 0.2) is 6.20 Å². The van der Waals surface area contributed by atoms with Crippen LogP contribution in [0.3, 0.4) is 0 Å². The number of imidazole rings is 2. The van der Waals surface area contributed by atoms with Gasteiger partial charge in [-0.1, -0.05) is 71.1 Å². The first-order valence-electron chi connectivity index (χ1n) is 12.2. The number of fused-ring (bicyclic) bond motifs is 2. The minimum atomic E-state index is -0.0877. The van der Waals surface area contributed by atoms with E-state index in [2.05, 4.69) is 62.6 Å². The topological polar surface area (TPSA) is 80.8 Å². The van der Waals surface area contributed by atoms with Crippen LogP contribution in [0.5, 0.6) is 0 Å². The molecule has 4 rings (SSSR count). The zero-order valence-electron chi connectivity index (χ0n) is 22.0. The second-order valence-electron chi connectivity index (χ2n) is 10.3. The number of carbonyl (C=O) groups excluding carboxylic acids is 2. The van der Waals surface area contributed by atoms with Gasteiger partial charge in [-0.05, 0) is 24.7 Å². The summed E-state index contributed by atoms with van der Waals surface area (Å²) in [5.74, 6) is 0.914. The predicted octanol–water partition coefficient (Wildman–Crippen LogP) is 6.52. The van der Waals surface area contributed by atoms with Crippen molar-refractivity contribution >= 4 is 44.3 Å². The summed E-state index contributed by atoms with van der Waals surface area (Å²) in [5, 5.41) is 3.11. The van der Waals surface area contributed by atoms with E-state index in [1.54, 1.807) is 6.92 Å². The first-order chi connectivity index (χ1) is 16.4. The lowest BCUT2D eigenvalue weighted by Gasteiger charge is -2.15. The van der Waals surface area contributed by atoms with E-state index >= 15 is 0 Å². The van der Waals surface area contributed by atoms with E-state index in [1.807, 2.05) is 13.1 Å². The maximum absolute atomic E-state index is 13.1. The third-order valence-corrected chi connectivity index (χ3v) is 8.60. The molecule has 4 aromatic heterocycles. The molecule has 9 heteroatoms. The number of Topliss-reactive ketones (excluding diaryl/α,β-unsaturated/α-hetero) is 1. The van der Waals surface area contributed by atoms with E-state index in [1.165, 1.54) is 28.4 Å². The monoisotopic (exact) mass is 513 g/mol. The third kappa shape index (κ3) is 4.44. The SMILES string of the molecule is CC(=O)c1sc2nc(C(C)CNC(=O)c3cn4c(C(C)C)c(C(C)C)nc4s3)c(C(C)C)n2c1C. The Hall–Kier alpha value is -2.52. The van der Waals surface area contributed by atoms with Crippen LogP contribution in [0, 0.1) is 6.92 Å². The smallest absolute Gasteiger partial charge is 0.263 e. The van der Waals surface area contributed by atoms with Crippen molar-refractivity contribution in [2.24, 2.45) is 0 Å². The van der Waals surface area contributed by atoms with Gasteiger partial charge in [-0.3, -0.25) is 18.4 Å². The molecule has 0 fully saturated rings. The van der Waals surface area contributed by atoms with Crippen molar-refractivity contribution in [3.05, 3.63) is 44.4 Å². The lowest BCUT2D eigenvalue weighted by atomic mass is 9.99. The number of hydrogen-bond donors (Lipinski definition) is 1. The second kappa shape index (κ2) is 9.50. The number of hydrogen-bond acceptors (Lipinski definition) is 6. The molecule has 0 aromatic carbocycles. The molecule has 1 N–H and O–H groups in total. The van der Waals surface area contributed by atoms with Gasteiger partial charge in [0.1, 0.15) is 4.88 Å². The van der Waals surface area contributed by atoms with Crippen molar-refractivity contribution in [1.29, 1.82) is 0 Å². The molecule has 0 aliphatic carbocycles. The Bertz CT molecular complexity index is 1420. The van der Waals surface area contributed by atoms with E-state index < -0.39 is 0 Å². The summed E-state index contributed by atoms with van der Waals surface area (Å²) in [7, 11) is 0. The van der Waals surface area contributed by atoms with Crippen LogP contribution in [0.25, 0.3) is 9.92 Å². The normalized spacial score (nSPS) is 13.1. The highest BCUT2D eigenvalue weighted by Crippen LogP contribution is 2.34. The first-order valence-corrected chi connectivity index (χ1v) is 13.9. The van der Waals surface area contributed by atoms with Crippen molar-refractivity contribution in [3.8, 4) is 0 Å². The van der Waals surface area contributed by atoms with E-state index in [0.717, 1.165) is 37.6 Å². The molecule has 1 amide bonds. The first kappa shape index (κ1) is 25.6. The molecule has 0 aliphatic rings. The number of nitrogens with one attached hydrogen (secondary N) is 1. The molecule has 0 radical (unpaired) electrons. The fourth-order valence-electron chi connectivity index (χ4n) is 4.74. The Labute approximate surface area is 214 Å². The average molecular weight is 514 g/mol. The van der Waals surface area contributed by atoms with E-state index in [0.29, 0.717) is 23.3 Å².